The minimum Gasteiger partial charge on any atom is -0.207 e. The summed E-state index contributed by atoms with van der Waals surface area (Å²) in [4.78, 5) is 0. The molecule has 108 valence electrons. The van der Waals surface area contributed by atoms with E-state index in [1.807, 2.05) is 13.0 Å². The molecule has 0 aliphatic heterocycles. The van der Waals surface area contributed by atoms with Crippen molar-refractivity contribution < 1.29 is 4.39 Å². The van der Waals surface area contributed by atoms with Gasteiger partial charge in [0.2, 0.25) is 0 Å². The van der Waals surface area contributed by atoms with E-state index in [2.05, 4.69) is 18.7 Å². The summed E-state index contributed by atoms with van der Waals surface area (Å²) in [5.74, 6) is 3.02. The van der Waals surface area contributed by atoms with Crippen LogP contribution in [0.25, 0.3) is 0 Å². The molecule has 0 saturated heterocycles. The van der Waals surface area contributed by atoms with Gasteiger partial charge in [0.1, 0.15) is 5.82 Å². The average molecular weight is 272 g/mol. The van der Waals surface area contributed by atoms with Crippen molar-refractivity contribution in [3.05, 3.63) is 47.8 Å². The summed E-state index contributed by atoms with van der Waals surface area (Å²) < 4.78 is 13.8. The predicted octanol–water partition coefficient (Wildman–Crippen LogP) is 5.62. The number of hydrogen-bond donors (Lipinski definition) is 0. The van der Waals surface area contributed by atoms with Crippen molar-refractivity contribution >= 4 is 0 Å². The molecule has 1 aromatic carbocycles. The summed E-state index contributed by atoms with van der Waals surface area (Å²) in [5.41, 5.74) is 1.98. The van der Waals surface area contributed by atoms with Gasteiger partial charge in [-0.05, 0) is 86.3 Å². The molecule has 0 spiro atoms. The van der Waals surface area contributed by atoms with E-state index in [0.29, 0.717) is 5.92 Å². The van der Waals surface area contributed by atoms with Crippen molar-refractivity contribution in [2.75, 3.05) is 0 Å². The predicted molar refractivity (Wildman–Crippen MR) is 82.2 cm³/mol. The van der Waals surface area contributed by atoms with Gasteiger partial charge in [-0.3, -0.25) is 0 Å². The Kier molecular flexibility index (Phi) is 3.96. The lowest BCUT2D eigenvalue weighted by atomic mass is 9.64. The molecule has 3 rings (SSSR count). The summed E-state index contributed by atoms with van der Waals surface area (Å²) in [6.07, 6.45) is 9.94. The molecule has 2 fully saturated rings. The number of fused-ring (bicyclic) bond motifs is 1. The van der Waals surface area contributed by atoms with E-state index in [9.17, 15) is 4.39 Å². The monoisotopic (exact) mass is 272 g/mol. The molecule has 0 heterocycles. The molecule has 20 heavy (non-hydrogen) atoms. The summed E-state index contributed by atoms with van der Waals surface area (Å²) in [6, 6.07) is 5.85. The Bertz CT molecular complexity index is 491. The van der Waals surface area contributed by atoms with E-state index in [1.54, 1.807) is 6.07 Å². The number of rotatable bonds is 2. The van der Waals surface area contributed by atoms with Gasteiger partial charge < -0.3 is 0 Å². The Morgan fingerprint density at radius 2 is 1.85 bits per heavy atom. The van der Waals surface area contributed by atoms with Gasteiger partial charge in [-0.15, -0.1) is 6.58 Å². The highest BCUT2D eigenvalue weighted by Crippen LogP contribution is 2.47. The van der Waals surface area contributed by atoms with E-state index in [4.69, 9.17) is 0 Å². The van der Waals surface area contributed by atoms with E-state index in [0.717, 1.165) is 23.3 Å². The van der Waals surface area contributed by atoms with Gasteiger partial charge in [0.15, 0.2) is 0 Å². The average Bonchev–Trinajstić information content (AvgIpc) is 2.49. The second-order valence-corrected chi connectivity index (χ2v) is 6.85. The second-order valence-electron chi connectivity index (χ2n) is 6.85. The SMILES string of the molecule is C=C[C@@H]1CC[C@@H]2CC(c3ccc(C)c(F)c3)CC[C@@H]2C1. The molecule has 0 aromatic heterocycles. The van der Waals surface area contributed by atoms with Crippen LogP contribution >= 0.6 is 0 Å². The summed E-state index contributed by atoms with van der Waals surface area (Å²) >= 11 is 0. The van der Waals surface area contributed by atoms with E-state index in [1.165, 1.54) is 44.1 Å². The van der Waals surface area contributed by atoms with Crippen molar-refractivity contribution in [3.63, 3.8) is 0 Å². The summed E-state index contributed by atoms with van der Waals surface area (Å²) in [7, 11) is 0. The molecule has 2 aliphatic rings. The first-order chi connectivity index (χ1) is 9.67. The molecule has 2 aliphatic carbocycles. The minimum atomic E-state index is -0.0417. The smallest absolute Gasteiger partial charge is 0.126 e. The van der Waals surface area contributed by atoms with Gasteiger partial charge in [-0.1, -0.05) is 18.2 Å². The van der Waals surface area contributed by atoms with Gasteiger partial charge in [-0.2, -0.15) is 0 Å². The topological polar surface area (TPSA) is 0 Å². The third-order valence-corrected chi connectivity index (χ3v) is 5.65. The number of allylic oxidation sites excluding steroid dienone is 1. The van der Waals surface area contributed by atoms with Crippen molar-refractivity contribution in [1.82, 2.24) is 0 Å². The third-order valence-electron chi connectivity index (χ3n) is 5.65. The number of benzene rings is 1. The molecule has 0 N–H and O–H groups in total. The first kappa shape index (κ1) is 13.9. The zero-order valence-electron chi connectivity index (χ0n) is 12.4. The van der Waals surface area contributed by atoms with Crippen LogP contribution in [-0.4, -0.2) is 0 Å². The van der Waals surface area contributed by atoms with Crippen LogP contribution in [-0.2, 0) is 0 Å². The largest absolute Gasteiger partial charge is 0.207 e. The van der Waals surface area contributed by atoms with Crippen LogP contribution in [0.2, 0.25) is 0 Å². The molecule has 0 bridgehead atoms. The highest BCUT2D eigenvalue weighted by Gasteiger charge is 2.35. The normalized spacial score (nSPS) is 33.5. The van der Waals surface area contributed by atoms with Crippen LogP contribution < -0.4 is 0 Å². The van der Waals surface area contributed by atoms with Crippen LogP contribution in [0.3, 0.4) is 0 Å². The number of hydrogen-bond acceptors (Lipinski definition) is 0. The summed E-state index contributed by atoms with van der Waals surface area (Å²) in [5, 5.41) is 0. The van der Waals surface area contributed by atoms with E-state index < -0.39 is 0 Å². The van der Waals surface area contributed by atoms with Crippen LogP contribution in [0.4, 0.5) is 4.39 Å². The lowest BCUT2D eigenvalue weighted by Crippen LogP contribution is -2.30. The molecular weight excluding hydrogens is 247 g/mol. The molecule has 4 atom stereocenters. The standard InChI is InChI=1S/C19H25F/c1-3-14-5-7-16-11-17(9-8-15(16)10-14)18-6-4-13(2)19(20)12-18/h3-4,6,12,14-17H,1,5,7-11H2,2H3/t14-,15-,16-,17?/m1/s1. The summed E-state index contributed by atoms with van der Waals surface area (Å²) in [6.45, 7) is 5.80. The van der Waals surface area contributed by atoms with Crippen molar-refractivity contribution in [3.8, 4) is 0 Å². The Hall–Kier alpha value is -1.11. The molecule has 2 saturated carbocycles. The van der Waals surface area contributed by atoms with Gasteiger partial charge in [0.05, 0.1) is 0 Å². The number of halogens is 1. The highest BCUT2D eigenvalue weighted by atomic mass is 19.1. The van der Waals surface area contributed by atoms with Crippen LogP contribution in [0, 0.1) is 30.5 Å². The lowest BCUT2D eigenvalue weighted by molar-refractivity contribution is 0.133. The van der Waals surface area contributed by atoms with Crippen molar-refractivity contribution in [2.45, 2.75) is 51.4 Å². The van der Waals surface area contributed by atoms with Crippen molar-refractivity contribution in [2.24, 2.45) is 17.8 Å². The maximum Gasteiger partial charge on any atom is 0.126 e. The highest BCUT2D eigenvalue weighted by molar-refractivity contribution is 5.26. The van der Waals surface area contributed by atoms with E-state index >= 15 is 0 Å². The Morgan fingerprint density at radius 1 is 1.10 bits per heavy atom. The van der Waals surface area contributed by atoms with E-state index in [-0.39, 0.29) is 5.82 Å². The minimum absolute atomic E-state index is 0.0417. The number of aryl methyl sites for hydroxylation is 1. The third kappa shape index (κ3) is 2.68. The zero-order chi connectivity index (χ0) is 14.1. The van der Waals surface area contributed by atoms with Gasteiger partial charge in [0, 0.05) is 0 Å². The first-order valence-corrected chi connectivity index (χ1v) is 8.06. The molecule has 1 heteroatoms. The fourth-order valence-electron chi connectivity index (χ4n) is 4.31. The van der Waals surface area contributed by atoms with Crippen molar-refractivity contribution in [1.29, 1.82) is 0 Å². The van der Waals surface area contributed by atoms with Crippen LogP contribution in [0.15, 0.2) is 30.9 Å². The zero-order valence-corrected chi connectivity index (χ0v) is 12.4. The Morgan fingerprint density at radius 3 is 2.60 bits per heavy atom. The molecule has 1 unspecified atom stereocenters. The van der Waals surface area contributed by atoms with Gasteiger partial charge in [-0.25, -0.2) is 4.39 Å². The molecule has 0 radical (unpaired) electrons. The van der Waals surface area contributed by atoms with Crippen LogP contribution in [0.1, 0.15) is 55.6 Å². The maximum absolute atomic E-state index is 13.8. The molecule has 1 aromatic rings. The lowest BCUT2D eigenvalue weighted by Gasteiger charge is -2.41. The fraction of sp³-hybridized carbons (Fsp3) is 0.579. The maximum atomic E-state index is 13.8. The Labute approximate surface area is 122 Å². The van der Waals surface area contributed by atoms with Gasteiger partial charge >= 0.3 is 0 Å². The molecular formula is C19H25F. The van der Waals surface area contributed by atoms with Gasteiger partial charge in [0.25, 0.3) is 0 Å². The molecule has 0 amide bonds. The quantitative estimate of drug-likeness (QED) is 0.613. The molecule has 0 nitrogen and oxygen atoms in total. The first-order valence-electron chi connectivity index (χ1n) is 8.06. The fourth-order valence-corrected chi connectivity index (χ4v) is 4.31. The van der Waals surface area contributed by atoms with Crippen LogP contribution in [0.5, 0.6) is 0 Å². The second kappa shape index (κ2) is 5.71. The Balaban J connectivity index is 1.70.